The lowest BCUT2D eigenvalue weighted by atomic mass is 9.53. The maximum Gasteiger partial charge on any atom is 0.244 e. The Morgan fingerprint density at radius 3 is 2.39 bits per heavy atom. The van der Waals surface area contributed by atoms with E-state index >= 15 is 0 Å². The molecule has 0 saturated carbocycles. The van der Waals surface area contributed by atoms with Crippen molar-refractivity contribution >= 4 is 17.5 Å². The van der Waals surface area contributed by atoms with Crippen LogP contribution in [-0.2, 0) is 15.3 Å². The third-order valence-corrected chi connectivity index (χ3v) is 6.53. The highest BCUT2D eigenvalue weighted by Crippen LogP contribution is 2.69. The Labute approximate surface area is 184 Å². The molecule has 4 atom stereocenters. The van der Waals surface area contributed by atoms with Crippen LogP contribution in [0, 0.1) is 56.2 Å². The van der Waals surface area contributed by atoms with Crippen LogP contribution in [0.1, 0.15) is 24.2 Å². The Morgan fingerprint density at radius 2 is 1.77 bits per heavy atom. The van der Waals surface area contributed by atoms with Crippen molar-refractivity contribution < 1.29 is 14.2 Å². The van der Waals surface area contributed by atoms with E-state index in [9.17, 15) is 15.8 Å². The molecule has 2 aromatic rings. The Balaban J connectivity index is 2.05. The van der Waals surface area contributed by atoms with Gasteiger partial charge in [-0.1, -0.05) is 42.8 Å². The van der Waals surface area contributed by atoms with Gasteiger partial charge >= 0.3 is 0 Å². The van der Waals surface area contributed by atoms with E-state index < -0.39 is 34.5 Å². The Bertz CT molecular complexity index is 1200. The molecule has 7 nitrogen and oxygen atoms in total. The van der Waals surface area contributed by atoms with Crippen molar-refractivity contribution in [2.45, 2.75) is 18.8 Å². The number of halogens is 1. The molecule has 2 heterocycles. The molecule has 2 fully saturated rings. The third-order valence-electron chi connectivity index (χ3n) is 6.29. The van der Waals surface area contributed by atoms with E-state index in [4.69, 9.17) is 31.2 Å². The average molecular weight is 433 g/mol. The van der Waals surface area contributed by atoms with Crippen molar-refractivity contribution in [3.8, 4) is 24.0 Å². The third kappa shape index (κ3) is 2.44. The molecule has 4 rings (SSSR count). The summed E-state index contributed by atoms with van der Waals surface area (Å²) in [6.07, 6.45) is -1.20. The summed E-state index contributed by atoms with van der Waals surface area (Å²) in [5.41, 5.74) is -2.96. The normalized spacial score (nSPS) is 30.4. The number of fused-ring (bicyclic) bond motifs is 2. The van der Waals surface area contributed by atoms with Gasteiger partial charge in [0.15, 0.2) is 5.41 Å². The molecule has 31 heavy (non-hydrogen) atoms. The molecule has 0 aliphatic carbocycles. The summed E-state index contributed by atoms with van der Waals surface area (Å²) in [6.45, 7) is 1.65. The van der Waals surface area contributed by atoms with E-state index in [0.29, 0.717) is 21.9 Å². The number of nitriles is 3. The molecule has 2 bridgehead atoms. The highest BCUT2D eigenvalue weighted by Gasteiger charge is 2.79. The van der Waals surface area contributed by atoms with Crippen molar-refractivity contribution in [1.82, 2.24) is 0 Å². The summed E-state index contributed by atoms with van der Waals surface area (Å²) < 4.78 is 17.7. The smallest absolute Gasteiger partial charge is 0.244 e. The predicted molar refractivity (Wildman–Crippen MR) is 110 cm³/mol. The van der Waals surface area contributed by atoms with Crippen LogP contribution >= 0.6 is 11.6 Å². The zero-order valence-corrected chi connectivity index (χ0v) is 17.5. The highest BCUT2D eigenvalue weighted by atomic mass is 35.5. The summed E-state index contributed by atoms with van der Waals surface area (Å²) in [4.78, 5) is 0. The first-order chi connectivity index (χ1) is 14.8. The number of methoxy groups -OCH3 is 1. The van der Waals surface area contributed by atoms with Gasteiger partial charge in [-0.25, -0.2) is 0 Å². The number of nitrogens with zero attached hydrogens (tertiary/aromatic N) is 3. The monoisotopic (exact) mass is 432 g/mol. The Hall–Kier alpha value is -3.57. The molecule has 2 saturated heterocycles. The second-order valence-corrected chi connectivity index (χ2v) is 7.99. The fraction of sp³-hybridized carbons (Fsp3) is 0.304. The number of rotatable bonds is 3. The second kappa shape index (κ2) is 7.00. The highest BCUT2D eigenvalue weighted by molar-refractivity contribution is 6.30. The lowest BCUT2D eigenvalue weighted by Crippen LogP contribution is -2.57. The summed E-state index contributed by atoms with van der Waals surface area (Å²) >= 11 is 6.20. The van der Waals surface area contributed by atoms with E-state index in [-0.39, 0.29) is 0 Å². The minimum absolute atomic E-state index is 0.419. The first-order valence-corrected chi connectivity index (χ1v) is 9.82. The molecule has 154 valence electrons. The molecule has 8 heteroatoms. The summed E-state index contributed by atoms with van der Waals surface area (Å²) in [6, 6.07) is 19.6. The number of hydrogen-bond acceptors (Lipinski definition) is 7. The van der Waals surface area contributed by atoms with Gasteiger partial charge in [0.05, 0.1) is 31.2 Å². The number of nitrogens with one attached hydrogen (secondary N) is 1. The maximum absolute atomic E-state index is 10.3. The minimum Gasteiger partial charge on any atom is -0.497 e. The topological polar surface area (TPSA) is 123 Å². The van der Waals surface area contributed by atoms with E-state index in [1.807, 2.05) is 12.1 Å². The van der Waals surface area contributed by atoms with Crippen LogP contribution in [0.25, 0.3) is 0 Å². The molecule has 0 spiro atoms. The largest absolute Gasteiger partial charge is 0.497 e. The fourth-order valence-corrected chi connectivity index (χ4v) is 4.87. The minimum atomic E-state index is -2.04. The molecule has 0 amide bonds. The quantitative estimate of drug-likeness (QED) is 0.763. The standard InChI is InChI=1S/C23H17ClN4O3/c1-14-22(13-27)20(28)31-23(14,16-6-4-7-17(24)10-16)30-19(21(22,11-25)12-26)15-5-3-8-18(9-15)29-2/h3-10,14,19,28H,1-2H3. The molecule has 0 radical (unpaired) electrons. The molecule has 2 aliphatic rings. The lowest BCUT2D eigenvalue weighted by molar-refractivity contribution is -0.288. The molecular formula is C23H17ClN4O3. The van der Waals surface area contributed by atoms with Gasteiger partial charge < -0.3 is 14.2 Å². The average Bonchev–Trinajstić information content (AvgIpc) is 2.95. The van der Waals surface area contributed by atoms with Gasteiger partial charge in [-0.3, -0.25) is 5.41 Å². The van der Waals surface area contributed by atoms with Gasteiger partial charge in [-0.2, -0.15) is 15.8 Å². The molecule has 1 N–H and O–H groups in total. The predicted octanol–water partition coefficient (Wildman–Crippen LogP) is 4.46. The van der Waals surface area contributed by atoms with Crippen LogP contribution in [0.15, 0.2) is 48.5 Å². The van der Waals surface area contributed by atoms with Crippen molar-refractivity contribution in [3.05, 3.63) is 64.7 Å². The van der Waals surface area contributed by atoms with Crippen LogP contribution in [-0.4, -0.2) is 13.0 Å². The number of ether oxygens (including phenoxy) is 3. The SMILES string of the molecule is COc1cccc(C2OC3(c4cccc(Cl)c4)OC(=N)C(C#N)(C3C)C2(C#N)C#N)c1. The van der Waals surface area contributed by atoms with E-state index in [1.165, 1.54) is 7.11 Å². The van der Waals surface area contributed by atoms with Gasteiger partial charge in [-0.15, -0.1) is 0 Å². The molecule has 0 aromatic heterocycles. The lowest BCUT2D eigenvalue weighted by Gasteiger charge is -2.48. The van der Waals surface area contributed by atoms with Crippen molar-refractivity contribution in [3.63, 3.8) is 0 Å². The number of benzene rings is 2. The van der Waals surface area contributed by atoms with Crippen LogP contribution in [0.3, 0.4) is 0 Å². The summed E-state index contributed by atoms with van der Waals surface area (Å²) in [5.74, 6) is -2.41. The summed E-state index contributed by atoms with van der Waals surface area (Å²) in [5, 5.41) is 39.8. The van der Waals surface area contributed by atoms with Crippen LogP contribution in [0.2, 0.25) is 5.02 Å². The maximum atomic E-state index is 10.3. The van der Waals surface area contributed by atoms with E-state index in [0.717, 1.165) is 0 Å². The van der Waals surface area contributed by atoms with Crippen LogP contribution < -0.4 is 4.74 Å². The van der Waals surface area contributed by atoms with Gasteiger partial charge in [0, 0.05) is 10.6 Å². The zero-order chi connectivity index (χ0) is 22.4. The molecule has 4 unspecified atom stereocenters. The Morgan fingerprint density at radius 1 is 1.06 bits per heavy atom. The van der Waals surface area contributed by atoms with E-state index in [2.05, 4.69) is 6.07 Å². The first kappa shape index (κ1) is 20.7. The van der Waals surface area contributed by atoms with Gasteiger partial charge in [0.1, 0.15) is 11.9 Å². The van der Waals surface area contributed by atoms with Crippen molar-refractivity contribution in [1.29, 1.82) is 21.2 Å². The molecule has 2 aliphatic heterocycles. The zero-order valence-electron chi connectivity index (χ0n) is 16.7. The van der Waals surface area contributed by atoms with Gasteiger partial charge in [0.2, 0.25) is 17.1 Å². The fourth-order valence-electron chi connectivity index (χ4n) is 4.68. The van der Waals surface area contributed by atoms with Gasteiger partial charge in [-0.05, 0) is 29.8 Å². The summed E-state index contributed by atoms with van der Waals surface area (Å²) in [7, 11) is 1.50. The van der Waals surface area contributed by atoms with Crippen LogP contribution in [0.5, 0.6) is 5.75 Å². The molecule has 2 aromatic carbocycles. The van der Waals surface area contributed by atoms with Gasteiger partial charge in [0.25, 0.3) is 0 Å². The first-order valence-electron chi connectivity index (χ1n) is 9.45. The Kier molecular flexibility index (Phi) is 4.67. The van der Waals surface area contributed by atoms with Crippen molar-refractivity contribution in [2.24, 2.45) is 16.7 Å². The van der Waals surface area contributed by atoms with Crippen LogP contribution in [0.4, 0.5) is 0 Å². The molecular weight excluding hydrogens is 416 g/mol. The number of hydrogen-bond donors (Lipinski definition) is 1. The second-order valence-electron chi connectivity index (χ2n) is 7.56. The van der Waals surface area contributed by atoms with Crippen molar-refractivity contribution in [2.75, 3.05) is 7.11 Å². The van der Waals surface area contributed by atoms with E-state index in [1.54, 1.807) is 55.5 Å².